The van der Waals surface area contributed by atoms with Gasteiger partial charge in [0.2, 0.25) is 0 Å². The van der Waals surface area contributed by atoms with Crippen molar-refractivity contribution in [2.24, 2.45) is 0 Å². The standard InChI is InChI=1S/C54H35NS/c1-2-14-37(15-3-1)45-33-30-40(49-34-39-17-5-7-20-44(39)46-21-8-9-22-47(46)49)35-51(45)55(50-25-13-27-53-54(50)48-23-10-11-26-52(48)56-53)41-31-28-38(29-32-41)43-24-12-18-36-16-4-6-19-42(36)43/h1-35H. The summed E-state index contributed by atoms with van der Waals surface area (Å²) in [4.78, 5) is 2.50. The Hall–Kier alpha value is -7.00. The Labute approximate surface area is 330 Å². The van der Waals surface area contributed by atoms with Gasteiger partial charge in [-0.05, 0) is 103 Å². The van der Waals surface area contributed by atoms with Crippen molar-refractivity contribution in [1.29, 1.82) is 0 Å². The summed E-state index contributed by atoms with van der Waals surface area (Å²) in [6, 6.07) is 77.9. The minimum Gasteiger partial charge on any atom is -0.309 e. The second-order valence-corrected chi connectivity index (χ2v) is 15.5. The molecule has 0 bridgehead atoms. The molecule has 0 amide bonds. The molecule has 0 atom stereocenters. The summed E-state index contributed by atoms with van der Waals surface area (Å²) in [7, 11) is 0. The monoisotopic (exact) mass is 729 g/mol. The molecule has 262 valence electrons. The van der Waals surface area contributed by atoms with Gasteiger partial charge in [0.1, 0.15) is 0 Å². The molecule has 0 fully saturated rings. The summed E-state index contributed by atoms with van der Waals surface area (Å²) in [6.45, 7) is 0. The van der Waals surface area contributed by atoms with Crippen molar-refractivity contribution in [1.82, 2.24) is 0 Å². The third-order valence-corrected chi connectivity index (χ3v) is 12.4. The number of anilines is 3. The first-order valence-electron chi connectivity index (χ1n) is 19.2. The van der Waals surface area contributed by atoms with Crippen LogP contribution in [-0.4, -0.2) is 0 Å². The molecule has 10 aromatic carbocycles. The number of thiophene rings is 1. The number of hydrogen-bond donors (Lipinski definition) is 0. The highest BCUT2D eigenvalue weighted by atomic mass is 32.1. The van der Waals surface area contributed by atoms with E-state index in [0.29, 0.717) is 0 Å². The lowest BCUT2D eigenvalue weighted by Gasteiger charge is -2.30. The van der Waals surface area contributed by atoms with Crippen LogP contribution in [0.25, 0.3) is 85.9 Å². The fraction of sp³-hybridized carbons (Fsp3) is 0. The predicted octanol–water partition coefficient (Wildman–Crippen LogP) is 16.0. The molecule has 0 saturated heterocycles. The number of rotatable bonds is 6. The van der Waals surface area contributed by atoms with Gasteiger partial charge in [0.05, 0.1) is 11.4 Å². The van der Waals surface area contributed by atoms with Crippen LogP contribution in [-0.2, 0) is 0 Å². The first-order chi connectivity index (χ1) is 27.8. The van der Waals surface area contributed by atoms with Gasteiger partial charge in [0.15, 0.2) is 0 Å². The predicted molar refractivity (Wildman–Crippen MR) is 243 cm³/mol. The second-order valence-electron chi connectivity index (χ2n) is 14.4. The third kappa shape index (κ3) is 5.38. The van der Waals surface area contributed by atoms with E-state index in [9.17, 15) is 0 Å². The first-order valence-corrected chi connectivity index (χ1v) is 20.0. The molecule has 2 heteroatoms. The van der Waals surface area contributed by atoms with E-state index in [-0.39, 0.29) is 0 Å². The van der Waals surface area contributed by atoms with Crippen molar-refractivity contribution in [3.63, 3.8) is 0 Å². The Morgan fingerprint density at radius 2 is 0.911 bits per heavy atom. The summed E-state index contributed by atoms with van der Waals surface area (Å²) in [5.41, 5.74) is 10.6. The Kier molecular flexibility index (Phi) is 7.75. The van der Waals surface area contributed by atoms with Gasteiger partial charge >= 0.3 is 0 Å². The fourth-order valence-corrected chi connectivity index (χ4v) is 9.78. The molecule has 1 heterocycles. The van der Waals surface area contributed by atoms with E-state index in [1.807, 2.05) is 11.3 Å². The molecule has 11 rings (SSSR count). The molecule has 0 aliphatic heterocycles. The van der Waals surface area contributed by atoms with E-state index >= 15 is 0 Å². The highest BCUT2D eigenvalue weighted by molar-refractivity contribution is 7.26. The minimum atomic E-state index is 1.11. The molecule has 0 N–H and O–H groups in total. The van der Waals surface area contributed by atoms with Gasteiger partial charge in [-0.3, -0.25) is 0 Å². The largest absolute Gasteiger partial charge is 0.309 e. The van der Waals surface area contributed by atoms with Gasteiger partial charge in [-0.25, -0.2) is 0 Å². The van der Waals surface area contributed by atoms with E-state index in [1.165, 1.54) is 85.9 Å². The quantitative estimate of drug-likeness (QED) is 0.154. The summed E-state index contributed by atoms with van der Waals surface area (Å²) >= 11 is 1.86. The van der Waals surface area contributed by atoms with Crippen molar-refractivity contribution < 1.29 is 0 Å². The second kappa shape index (κ2) is 13.4. The van der Waals surface area contributed by atoms with Crippen LogP contribution in [0.4, 0.5) is 17.1 Å². The maximum absolute atomic E-state index is 2.50. The van der Waals surface area contributed by atoms with Crippen LogP contribution in [0.15, 0.2) is 212 Å². The Bertz CT molecular complexity index is 3240. The highest BCUT2D eigenvalue weighted by Crippen LogP contribution is 2.49. The smallest absolute Gasteiger partial charge is 0.0555 e. The first kappa shape index (κ1) is 32.4. The average Bonchev–Trinajstić information content (AvgIpc) is 3.66. The molecule has 1 nitrogen and oxygen atoms in total. The van der Waals surface area contributed by atoms with Crippen LogP contribution in [0.3, 0.4) is 0 Å². The zero-order valence-electron chi connectivity index (χ0n) is 30.6. The minimum absolute atomic E-state index is 1.11. The molecule has 0 aliphatic rings. The lowest BCUT2D eigenvalue weighted by molar-refractivity contribution is 1.30. The van der Waals surface area contributed by atoms with Crippen molar-refractivity contribution >= 4 is 80.9 Å². The summed E-state index contributed by atoms with van der Waals surface area (Å²) in [5, 5.41) is 10.1. The van der Waals surface area contributed by atoms with Gasteiger partial charge in [-0.2, -0.15) is 0 Å². The third-order valence-electron chi connectivity index (χ3n) is 11.3. The van der Waals surface area contributed by atoms with Gasteiger partial charge < -0.3 is 4.90 Å². The van der Waals surface area contributed by atoms with E-state index in [4.69, 9.17) is 0 Å². The molecule has 56 heavy (non-hydrogen) atoms. The summed E-state index contributed by atoms with van der Waals surface area (Å²) in [6.07, 6.45) is 0. The van der Waals surface area contributed by atoms with Crippen LogP contribution in [0, 0.1) is 0 Å². The van der Waals surface area contributed by atoms with Crippen molar-refractivity contribution in [2.45, 2.75) is 0 Å². The van der Waals surface area contributed by atoms with Crippen molar-refractivity contribution in [2.75, 3.05) is 4.90 Å². The molecule has 0 radical (unpaired) electrons. The molecule has 0 saturated carbocycles. The summed E-state index contributed by atoms with van der Waals surface area (Å²) in [5.74, 6) is 0. The summed E-state index contributed by atoms with van der Waals surface area (Å²) < 4.78 is 2.57. The molecular weight excluding hydrogens is 695 g/mol. The lowest BCUT2D eigenvalue weighted by atomic mass is 9.91. The maximum Gasteiger partial charge on any atom is 0.0555 e. The van der Waals surface area contributed by atoms with Crippen LogP contribution in [0.5, 0.6) is 0 Å². The maximum atomic E-state index is 2.50. The molecule has 11 aromatic rings. The van der Waals surface area contributed by atoms with E-state index in [0.717, 1.165) is 17.1 Å². The van der Waals surface area contributed by atoms with Gasteiger partial charge in [-0.15, -0.1) is 11.3 Å². The van der Waals surface area contributed by atoms with E-state index < -0.39 is 0 Å². The Morgan fingerprint density at radius 3 is 1.75 bits per heavy atom. The highest BCUT2D eigenvalue weighted by Gasteiger charge is 2.23. The van der Waals surface area contributed by atoms with Crippen LogP contribution >= 0.6 is 11.3 Å². The van der Waals surface area contributed by atoms with Gasteiger partial charge in [-0.1, -0.05) is 170 Å². The van der Waals surface area contributed by atoms with Crippen LogP contribution < -0.4 is 4.90 Å². The zero-order chi connectivity index (χ0) is 37.0. The molecule has 0 spiro atoms. The SMILES string of the molecule is c1ccc(-c2ccc(-c3cc4ccccc4c4ccccc34)cc2N(c2ccc(-c3cccc4ccccc34)cc2)c2cccc3sc4ccccc4c23)cc1. The van der Waals surface area contributed by atoms with Crippen LogP contribution in [0.1, 0.15) is 0 Å². The Morgan fingerprint density at radius 1 is 0.304 bits per heavy atom. The number of nitrogens with zero attached hydrogens (tertiary/aromatic N) is 1. The average molecular weight is 730 g/mol. The molecule has 1 aromatic heterocycles. The topological polar surface area (TPSA) is 3.24 Å². The number of hydrogen-bond acceptors (Lipinski definition) is 2. The van der Waals surface area contributed by atoms with E-state index in [1.54, 1.807) is 0 Å². The Balaban J connectivity index is 1.20. The number of fused-ring (bicyclic) bond motifs is 7. The number of benzene rings is 10. The zero-order valence-corrected chi connectivity index (χ0v) is 31.4. The van der Waals surface area contributed by atoms with Crippen molar-refractivity contribution in [3.05, 3.63) is 212 Å². The van der Waals surface area contributed by atoms with Crippen molar-refractivity contribution in [3.8, 4) is 33.4 Å². The molecule has 0 aliphatic carbocycles. The fourth-order valence-electron chi connectivity index (χ4n) is 8.66. The normalized spacial score (nSPS) is 11.6. The van der Waals surface area contributed by atoms with Gasteiger partial charge in [0, 0.05) is 31.4 Å². The van der Waals surface area contributed by atoms with E-state index in [2.05, 4.69) is 217 Å². The van der Waals surface area contributed by atoms with Crippen LogP contribution in [0.2, 0.25) is 0 Å². The molecule has 0 unspecified atom stereocenters. The van der Waals surface area contributed by atoms with Gasteiger partial charge in [0.25, 0.3) is 0 Å². The lowest BCUT2D eigenvalue weighted by Crippen LogP contribution is -2.12. The molecular formula is C54H35NS.